The van der Waals surface area contributed by atoms with Gasteiger partial charge in [0.15, 0.2) is 6.17 Å². The minimum atomic E-state index is -1.09. The van der Waals surface area contributed by atoms with Gasteiger partial charge in [0, 0.05) is 37.4 Å². The molecule has 1 saturated heterocycles. The van der Waals surface area contributed by atoms with E-state index in [0.29, 0.717) is 26.1 Å². The van der Waals surface area contributed by atoms with Crippen LogP contribution in [0.4, 0.5) is 19.7 Å². The number of hydrogen-bond donors (Lipinski definition) is 4. The molecule has 1 aromatic carbocycles. The predicted octanol–water partition coefficient (Wildman–Crippen LogP) is 1.81. The summed E-state index contributed by atoms with van der Waals surface area (Å²) in [5, 5.41) is 8.34. The number of rotatable bonds is 4. The molecule has 0 aromatic heterocycles. The van der Waals surface area contributed by atoms with Gasteiger partial charge in [0.25, 0.3) is 5.91 Å². The lowest BCUT2D eigenvalue weighted by Gasteiger charge is -2.43. The first-order chi connectivity index (χ1) is 14.9. The van der Waals surface area contributed by atoms with Gasteiger partial charge in [0.2, 0.25) is 0 Å². The molecule has 5 N–H and O–H groups in total. The molecule has 1 atom stereocenters. The van der Waals surface area contributed by atoms with Crippen molar-refractivity contribution in [3.05, 3.63) is 30.1 Å². The first-order valence-electron chi connectivity index (χ1n) is 10.8. The van der Waals surface area contributed by atoms with Gasteiger partial charge in [-0.05, 0) is 57.2 Å². The van der Waals surface area contributed by atoms with Gasteiger partial charge in [0.05, 0.1) is 0 Å². The molecule has 0 spiro atoms. The molecular formula is C21H31FN6O3. The Morgan fingerprint density at radius 3 is 2.42 bits per heavy atom. The molecule has 3 rings (SSSR count). The quantitative estimate of drug-likeness (QED) is 0.578. The van der Waals surface area contributed by atoms with E-state index in [1.165, 1.54) is 28.0 Å². The Morgan fingerprint density at radius 2 is 1.77 bits per heavy atom. The van der Waals surface area contributed by atoms with E-state index in [1.807, 2.05) is 0 Å². The molecule has 1 aliphatic carbocycles. The lowest BCUT2D eigenvalue weighted by Crippen LogP contribution is -2.66. The van der Waals surface area contributed by atoms with Crippen LogP contribution in [0.1, 0.15) is 39.0 Å². The highest BCUT2D eigenvalue weighted by Crippen LogP contribution is 2.21. The largest absolute Gasteiger partial charge is 0.350 e. The second-order valence-electron chi connectivity index (χ2n) is 8.01. The van der Waals surface area contributed by atoms with Crippen molar-refractivity contribution in [2.45, 2.75) is 57.3 Å². The number of benzene rings is 1. The maximum absolute atomic E-state index is 13.5. The standard InChI is InChI=1S/C21H31FN6O3/c1-2-24-20(30)27-11-4-12-28(21(31)26-17-6-3-5-14(22)13-17)19(27)18(29)25-16-9-7-15(23)8-10-16/h3,5-6,13,15-16,19H,2,4,7-12,23H2,1H3,(H,24,30)(H,25,29)(H,26,31). The van der Waals surface area contributed by atoms with Crippen molar-refractivity contribution in [3.63, 3.8) is 0 Å². The van der Waals surface area contributed by atoms with E-state index in [-0.39, 0.29) is 17.8 Å². The number of carbonyl (C=O) groups excluding carboxylic acids is 3. The molecule has 2 aliphatic rings. The fourth-order valence-electron chi connectivity index (χ4n) is 4.09. The molecular weight excluding hydrogens is 403 g/mol. The monoisotopic (exact) mass is 434 g/mol. The topological polar surface area (TPSA) is 120 Å². The maximum atomic E-state index is 13.5. The van der Waals surface area contributed by atoms with Crippen molar-refractivity contribution in [2.75, 3.05) is 25.0 Å². The third-order valence-electron chi connectivity index (χ3n) is 5.67. The molecule has 2 fully saturated rings. The van der Waals surface area contributed by atoms with Crippen molar-refractivity contribution in [2.24, 2.45) is 5.73 Å². The summed E-state index contributed by atoms with van der Waals surface area (Å²) in [6.07, 6.45) is 2.59. The van der Waals surface area contributed by atoms with E-state index in [9.17, 15) is 18.8 Å². The molecule has 5 amide bonds. The predicted molar refractivity (Wildman–Crippen MR) is 115 cm³/mol. The molecule has 1 unspecified atom stereocenters. The third-order valence-corrected chi connectivity index (χ3v) is 5.67. The van der Waals surface area contributed by atoms with Crippen LogP contribution in [0.25, 0.3) is 0 Å². The minimum Gasteiger partial charge on any atom is -0.350 e. The Bertz CT molecular complexity index is 799. The number of carbonyl (C=O) groups is 3. The van der Waals surface area contributed by atoms with E-state index in [1.54, 1.807) is 13.0 Å². The van der Waals surface area contributed by atoms with Gasteiger partial charge < -0.3 is 21.7 Å². The van der Waals surface area contributed by atoms with E-state index < -0.39 is 30.0 Å². The van der Waals surface area contributed by atoms with E-state index >= 15 is 0 Å². The second kappa shape index (κ2) is 10.4. The Morgan fingerprint density at radius 1 is 1.10 bits per heavy atom. The summed E-state index contributed by atoms with van der Waals surface area (Å²) in [5.41, 5.74) is 6.23. The molecule has 9 nitrogen and oxygen atoms in total. The Hall–Kier alpha value is -2.88. The summed E-state index contributed by atoms with van der Waals surface area (Å²) < 4.78 is 13.5. The fraction of sp³-hybridized carbons (Fsp3) is 0.571. The summed E-state index contributed by atoms with van der Waals surface area (Å²) in [6, 6.07) is 4.65. The summed E-state index contributed by atoms with van der Waals surface area (Å²) in [4.78, 5) is 41.6. The van der Waals surface area contributed by atoms with Crippen molar-refractivity contribution in [1.29, 1.82) is 0 Å². The maximum Gasteiger partial charge on any atom is 0.323 e. The molecule has 0 radical (unpaired) electrons. The summed E-state index contributed by atoms with van der Waals surface area (Å²) in [7, 11) is 0. The first kappa shape index (κ1) is 22.8. The average molecular weight is 435 g/mol. The number of amides is 5. The highest BCUT2D eigenvalue weighted by atomic mass is 19.1. The number of halogens is 1. The van der Waals surface area contributed by atoms with Gasteiger partial charge in [-0.3, -0.25) is 14.6 Å². The van der Waals surface area contributed by atoms with Gasteiger partial charge in [0.1, 0.15) is 5.82 Å². The Kier molecular flexibility index (Phi) is 7.67. The number of hydrogen-bond acceptors (Lipinski definition) is 4. The zero-order chi connectivity index (χ0) is 22.4. The number of anilines is 1. The normalized spacial score (nSPS) is 23.8. The van der Waals surface area contributed by atoms with E-state index in [0.717, 1.165) is 25.7 Å². The second-order valence-corrected chi connectivity index (χ2v) is 8.01. The Labute approximate surface area is 181 Å². The van der Waals surface area contributed by atoms with Crippen molar-refractivity contribution < 1.29 is 18.8 Å². The zero-order valence-electron chi connectivity index (χ0n) is 17.8. The number of nitrogens with two attached hydrogens (primary N) is 1. The molecule has 1 heterocycles. The van der Waals surface area contributed by atoms with E-state index in [4.69, 9.17) is 5.73 Å². The molecule has 31 heavy (non-hydrogen) atoms. The highest BCUT2D eigenvalue weighted by Gasteiger charge is 2.41. The van der Waals surface area contributed by atoms with E-state index in [2.05, 4.69) is 16.0 Å². The van der Waals surface area contributed by atoms with Crippen LogP contribution in [0.2, 0.25) is 0 Å². The van der Waals surface area contributed by atoms with Crippen LogP contribution in [0, 0.1) is 5.82 Å². The van der Waals surface area contributed by atoms with Crippen LogP contribution in [0.3, 0.4) is 0 Å². The zero-order valence-corrected chi connectivity index (χ0v) is 17.8. The van der Waals surface area contributed by atoms with Crippen LogP contribution < -0.4 is 21.7 Å². The third kappa shape index (κ3) is 5.84. The number of nitrogens with one attached hydrogen (secondary N) is 3. The van der Waals surface area contributed by atoms with Crippen molar-refractivity contribution >= 4 is 23.7 Å². The lowest BCUT2D eigenvalue weighted by molar-refractivity contribution is -0.132. The average Bonchev–Trinajstić information content (AvgIpc) is 2.75. The number of nitrogens with zero attached hydrogens (tertiary/aromatic N) is 2. The number of urea groups is 2. The summed E-state index contributed by atoms with van der Waals surface area (Å²) >= 11 is 0. The first-order valence-corrected chi connectivity index (χ1v) is 10.8. The lowest BCUT2D eigenvalue weighted by atomic mass is 9.92. The molecule has 0 bridgehead atoms. The van der Waals surface area contributed by atoms with Crippen LogP contribution in [-0.2, 0) is 4.79 Å². The molecule has 10 heteroatoms. The summed E-state index contributed by atoms with van der Waals surface area (Å²) in [6.45, 7) is 2.84. The van der Waals surface area contributed by atoms with Crippen LogP contribution in [0.5, 0.6) is 0 Å². The van der Waals surface area contributed by atoms with Gasteiger partial charge >= 0.3 is 12.1 Å². The minimum absolute atomic E-state index is 0.0431. The fourth-order valence-corrected chi connectivity index (χ4v) is 4.09. The van der Waals surface area contributed by atoms with Gasteiger partial charge in [-0.1, -0.05) is 6.07 Å². The van der Waals surface area contributed by atoms with Crippen LogP contribution in [-0.4, -0.2) is 65.7 Å². The van der Waals surface area contributed by atoms with Crippen LogP contribution in [0.15, 0.2) is 24.3 Å². The van der Waals surface area contributed by atoms with Gasteiger partial charge in [-0.2, -0.15) is 0 Å². The van der Waals surface area contributed by atoms with Crippen molar-refractivity contribution in [3.8, 4) is 0 Å². The van der Waals surface area contributed by atoms with Crippen LogP contribution >= 0.6 is 0 Å². The van der Waals surface area contributed by atoms with Crippen molar-refractivity contribution in [1.82, 2.24) is 20.4 Å². The Balaban J connectivity index is 1.78. The smallest absolute Gasteiger partial charge is 0.323 e. The van der Waals surface area contributed by atoms with Gasteiger partial charge in [-0.25, -0.2) is 14.0 Å². The molecule has 170 valence electrons. The highest BCUT2D eigenvalue weighted by molar-refractivity contribution is 5.95. The van der Waals surface area contributed by atoms with Gasteiger partial charge in [-0.15, -0.1) is 0 Å². The molecule has 1 aliphatic heterocycles. The SMILES string of the molecule is CCNC(=O)N1CCCN(C(=O)Nc2cccc(F)c2)C1C(=O)NC1CCC(N)CC1. The molecule has 1 saturated carbocycles. The summed E-state index contributed by atoms with van der Waals surface area (Å²) in [5.74, 6) is -0.883. The molecule has 1 aromatic rings.